The maximum absolute atomic E-state index is 14.5. The molecule has 2 atom stereocenters. The minimum Gasteiger partial charge on any atom is -0.475 e. The Morgan fingerprint density at radius 2 is 1.76 bits per heavy atom. The van der Waals surface area contributed by atoms with Crippen LogP contribution < -0.4 is 9.46 Å². The molecule has 12 heteroatoms. The fraction of sp³-hybridized carbons (Fsp3) is 0.432. The molecule has 2 aromatic heterocycles. The van der Waals surface area contributed by atoms with Crippen molar-refractivity contribution in [3.63, 3.8) is 0 Å². The van der Waals surface area contributed by atoms with Crippen molar-refractivity contribution in [2.45, 2.75) is 90.3 Å². The summed E-state index contributed by atoms with van der Waals surface area (Å²) in [7, 11) is -4.18. The number of fused-ring (bicyclic) bond motifs is 4. The molecule has 6 rings (SSSR count). The zero-order chi connectivity index (χ0) is 34.8. The van der Waals surface area contributed by atoms with Gasteiger partial charge in [-0.05, 0) is 80.7 Å². The molecule has 0 saturated carbocycles. The van der Waals surface area contributed by atoms with Crippen molar-refractivity contribution in [1.82, 2.24) is 24.8 Å². The van der Waals surface area contributed by atoms with Crippen LogP contribution in [-0.4, -0.2) is 58.4 Å². The van der Waals surface area contributed by atoms with Gasteiger partial charge in [0.15, 0.2) is 0 Å². The summed E-state index contributed by atoms with van der Waals surface area (Å²) in [5, 5.41) is 0. The first kappa shape index (κ1) is 34.4. The maximum Gasteiger partial charge on any atom is 0.264 e. The minimum absolute atomic E-state index is 0.0243. The second-order valence-electron chi connectivity index (χ2n) is 14.1. The molecular formula is C37H44N6O5S. The minimum atomic E-state index is -4.18. The van der Waals surface area contributed by atoms with Crippen LogP contribution >= 0.6 is 0 Å². The number of anilines is 1. The number of aryl methyl sites for hydroxylation is 2. The maximum atomic E-state index is 14.5. The number of nitrogens with one attached hydrogen (secondary N) is 1. The van der Waals surface area contributed by atoms with E-state index in [4.69, 9.17) is 14.5 Å². The molecule has 0 spiro atoms. The lowest BCUT2D eigenvalue weighted by Crippen LogP contribution is -2.44. The Morgan fingerprint density at radius 3 is 2.49 bits per heavy atom. The molecule has 4 bridgehead atoms. The number of benzene rings is 2. The predicted molar refractivity (Wildman–Crippen MR) is 187 cm³/mol. The molecule has 0 radical (unpaired) electrons. The number of nitrogens with zero attached hydrogens (tertiary/aromatic N) is 5. The van der Waals surface area contributed by atoms with Crippen LogP contribution in [0.5, 0.6) is 5.88 Å². The van der Waals surface area contributed by atoms with Crippen LogP contribution in [0.4, 0.5) is 5.95 Å². The second-order valence-corrected chi connectivity index (χ2v) is 15.8. The van der Waals surface area contributed by atoms with Gasteiger partial charge in [-0.2, -0.15) is 4.98 Å². The molecule has 2 aromatic carbocycles. The van der Waals surface area contributed by atoms with Gasteiger partial charge in [0.2, 0.25) is 11.8 Å². The van der Waals surface area contributed by atoms with Gasteiger partial charge in [-0.1, -0.05) is 45.0 Å². The lowest BCUT2D eigenvalue weighted by atomic mass is 9.88. The SMILES string of the molecule is Cc1cccc(C)c1-c1cc2nc(n1)NS(=O)(=O)c1cccc(c1)C(=O)N(Cc1cncc([C@@H]3CCCCO3)n1)[C@H](CCC(C)(C)C)CO2. The first-order valence-electron chi connectivity index (χ1n) is 16.8. The van der Waals surface area contributed by atoms with Gasteiger partial charge >= 0.3 is 0 Å². The topological polar surface area (TPSA) is 136 Å². The number of ether oxygens (including phenoxy) is 2. The molecule has 258 valence electrons. The second kappa shape index (κ2) is 14.2. The molecule has 0 aliphatic carbocycles. The summed E-state index contributed by atoms with van der Waals surface area (Å²) in [4.78, 5) is 34.6. The highest BCUT2D eigenvalue weighted by Gasteiger charge is 2.30. The molecule has 1 amide bonds. The first-order valence-corrected chi connectivity index (χ1v) is 18.3. The van der Waals surface area contributed by atoms with Crippen molar-refractivity contribution in [1.29, 1.82) is 0 Å². The molecule has 11 nitrogen and oxygen atoms in total. The largest absolute Gasteiger partial charge is 0.475 e. The highest BCUT2D eigenvalue weighted by molar-refractivity contribution is 7.92. The number of rotatable bonds is 6. The highest BCUT2D eigenvalue weighted by Crippen LogP contribution is 2.32. The summed E-state index contributed by atoms with van der Waals surface area (Å²) >= 11 is 0. The summed E-state index contributed by atoms with van der Waals surface area (Å²) in [6.45, 7) is 11.4. The predicted octanol–water partition coefficient (Wildman–Crippen LogP) is 6.82. The van der Waals surface area contributed by atoms with Gasteiger partial charge in [-0.25, -0.2) is 23.1 Å². The Hall–Kier alpha value is -4.42. The van der Waals surface area contributed by atoms with E-state index in [1.54, 1.807) is 35.5 Å². The fourth-order valence-corrected chi connectivity index (χ4v) is 7.30. The van der Waals surface area contributed by atoms with Gasteiger partial charge < -0.3 is 14.4 Å². The van der Waals surface area contributed by atoms with E-state index in [1.165, 1.54) is 12.1 Å². The molecule has 2 aliphatic rings. The first-order chi connectivity index (χ1) is 23.4. The summed E-state index contributed by atoms with van der Waals surface area (Å²) < 4.78 is 42.3. The average molecular weight is 685 g/mol. The number of hydrogen-bond acceptors (Lipinski definition) is 9. The number of sulfonamides is 1. The Bertz CT molecular complexity index is 1920. The standard InChI is InChI=1S/C37H44N6O5S/c1-24-10-8-11-25(2)34(24)30-19-33-41-36(40-30)42-49(45,46)29-13-9-12-26(18-29)35(44)43(28(23-48-33)15-16-37(3,4)5)22-27-20-38-21-31(39-27)32-14-6-7-17-47-32/h8-13,18-21,28,32H,6-7,14-17,22-23H2,1-5H3,(H,40,41,42)/t28-,32+/m1/s1. The monoisotopic (exact) mass is 684 g/mol. The third-order valence-corrected chi connectivity index (χ3v) is 10.3. The zero-order valence-electron chi connectivity index (χ0n) is 28.8. The van der Waals surface area contributed by atoms with Gasteiger partial charge in [0.1, 0.15) is 12.7 Å². The summed E-state index contributed by atoms with van der Waals surface area (Å²) in [5.74, 6) is -0.263. The van der Waals surface area contributed by atoms with E-state index >= 15 is 0 Å². The van der Waals surface area contributed by atoms with Crippen molar-refractivity contribution in [3.05, 3.63) is 89.0 Å². The van der Waals surface area contributed by atoms with Crippen LogP contribution in [0.2, 0.25) is 0 Å². The molecule has 2 aliphatic heterocycles. The van der Waals surface area contributed by atoms with Gasteiger partial charge in [0, 0.05) is 23.8 Å². The van der Waals surface area contributed by atoms with E-state index in [0.717, 1.165) is 48.1 Å². The van der Waals surface area contributed by atoms with Crippen LogP contribution in [0, 0.1) is 19.3 Å². The molecule has 4 heterocycles. The van der Waals surface area contributed by atoms with Gasteiger partial charge in [-0.3, -0.25) is 9.78 Å². The van der Waals surface area contributed by atoms with Crippen LogP contribution in [0.25, 0.3) is 11.3 Å². The number of aromatic nitrogens is 4. The van der Waals surface area contributed by atoms with E-state index in [-0.39, 0.29) is 52.9 Å². The van der Waals surface area contributed by atoms with Gasteiger partial charge in [0.05, 0.1) is 47.0 Å². The Labute approximate surface area is 288 Å². The van der Waals surface area contributed by atoms with Crippen LogP contribution in [-0.2, 0) is 21.3 Å². The number of hydrogen-bond donors (Lipinski definition) is 1. The molecule has 1 saturated heterocycles. The average Bonchev–Trinajstić information content (AvgIpc) is 3.07. The number of carbonyl (C=O) groups is 1. The molecule has 49 heavy (non-hydrogen) atoms. The van der Waals surface area contributed by atoms with Gasteiger partial charge in [0.25, 0.3) is 15.9 Å². The third kappa shape index (κ3) is 8.25. The van der Waals surface area contributed by atoms with Crippen LogP contribution in [0.3, 0.4) is 0 Å². The van der Waals surface area contributed by atoms with Crippen LogP contribution in [0.1, 0.15) is 91.9 Å². The number of carbonyl (C=O) groups excluding carboxylic acids is 1. The molecule has 1 fully saturated rings. The van der Waals surface area contributed by atoms with E-state index < -0.39 is 16.1 Å². The van der Waals surface area contributed by atoms with E-state index in [9.17, 15) is 13.2 Å². The summed E-state index contributed by atoms with van der Waals surface area (Å²) in [6.07, 6.45) is 7.60. The van der Waals surface area contributed by atoms with Crippen LogP contribution in [0.15, 0.2) is 65.8 Å². The molecule has 4 aromatic rings. The van der Waals surface area contributed by atoms with Gasteiger partial charge in [-0.15, -0.1) is 0 Å². The lowest BCUT2D eigenvalue weighted by molar-refractivity contribution is 0.0118. The van der Waals surface area contributed by atoms with Crippen molar-refractivity contribution in [2.24, 2.45) is 5.41 Å². The van der Waals surface area contributed by atoms with E-state index in [2.05, 4.69) is 40.4 Å². The Balaban J connectivity index is 1.45. The zero-order valence-corrected chi connectivity index (χ0v) is 29.6. The van der Waals surface area contributed by atoms with E-state index in [0.29, 0.717) is 24.4 Å². The summed E-state index contributed by atoms with van der Waals surface area (Å²) in [6, 6.07) is 13.3. The summed E-state index contributed by atoms with van der Waals surface area (Å²) in [5.41, 5.74) is 4.90. The van der Waals surface area contributed by atoms with Crippen molar-refractivity contribution in [3.8, 4) is 17.1 Å². The van der Waals surface area contributed by atoms with E-state index in [1.807, 2.05) is 32.0 Å². The fourth-order valence-electron chi connectivity index (χ4n) is 6.31. The number of amides is 1. The third-order valence-electron chi connectivity index (χ3n) is 8.95. The molecular weight excluding hydrogens is 641 g/mol. The smallest absolute Gasteiger partial charge is 0.264 e. The van der Waals surface area contributed by atoms with Crippen molar-refractivity contribution >= 4 is 21.9 Å². The quantitative estimate of drug-likeness (QED) is 0.232. The van der Waals surface area contributed by atoms with Crippen molar-refractivity contribution < 1.29 is 22.7 Å². The normalized spacial score (nSPS) is 19.5. The molecule has 0 unspecified atom stereocenters. The van der Waals surface area contributed by atoms with Crippen molar-refractivity contribution in [2.75, 3.05) is 17.9 Å². The molecule has 1 N–H and O–H groups in total. The Morgan fingerprint density at radius 1 is 0.980 bits per heavy atom. The highest BCUT2D eigenvalue weighted by atomic mass is 32.2. The lowest BCUT2D eigenvalue weighted by Gasteiger charge is -2.33. The Kier molecular flexibility index (Phi) is 9.99.